The van der Waals surface area contributed by atoms with Gasteiger partial charge in [0.2, 0.25) is 0 Å². The molecule has 0 aliphatic carbocycles. The third-order valence-corrected chi connectivity index (χ3v) is 1.51. The maximum absolute atomic E-state index is 10.5. The third-order valence-electron chi connectivity index (χ3n) is 1.51. The van der Waals surface area contributed by atoms with Crippen molar-refractivity contribution < 1.29 is 9.72 Å². The third kappa shape index (κ3) is 1.81. The van der Waals surface area contributed by atoms with E-state index in [9.17, 15) is 14.9 Å². The number of primary amides is 1. The Hall–Kier alpha value is -1.92. The summed E-state index contributed by atoms with van der Waals surface area (Å²) in [5.41, 5.74) is 5.44. The van der Waals surface area contributed by atoms with E-state index in [4.69, 9.17) is 5.73 Å². The molecule has 2 N–H and O–H groups in total. The maximum Gasteiger partial charge on any atom is 0.435 e. The summed E-state index contributed by atoms with van der Waals surface area (Å²) < 4.78 is 1.16. The Balaban J connectivity index is 3.08. The molecule has 0 aromatic carbocycles. The van der Waals surface area contributed by atoms with E-state index in [1.807, 2.05) is 0 Å². The van der Waals surface area contributed by atoms with Gasteiger partial charge in [0.15, 0.2) is 6.54 Å². The summed E-state index contributed by atoms with van der Waals surface area (Å²) in [5, 5.41) is 10.4. The minimum Gasteiger partial charge on any atom is -0.390 e. The fraction of sp³-hybridized carbons (Fsp3) is 0.333. The minimum atomic E-state index is -0.657. The van der Waals surface area contributed by atoms with Crippen molar-refractivity contribution in [2.24, 2.45) is 5.73 Å². The Morgan fingerprint density at radius 1 is 1.85 bits per heavy atom. The standard InChI is InChI=1S/C6H8N4O3/c1-4-2-8-6(10(12)13)9(4)3-5(7)11/h2H,3H2,1H3,(H2,7,11). The Morgan fingerprint density at radius 3 is 2.92 bits per heavy atom. The number of amides is 1. The molecule has 0 fully saturated rings. The highest BCUT2D eigenvalue weighted by molar-refractivity contribution is 5.73. The molecule has 0 radical (unpaired) electrons. The zero-order valence-electron chi connectivity index (χ0n) is 6.93. The molecule has 0 aliphatic heterocycles. The molecule has 7 heteroatoms. The maximum atomic E-state index is 10.5. The summed E-state index contributed by atoms with van der Waals surface area (Å²) in [7, 11) is 0. The number of imidazole rings is 1. The van der Waals surface area contributed by atoms with Crippen LogP contribution in [0.3, 0.4) is 0 Å². The van der Waals surface area contributed by atoms with Crippen molar-refractivity contribution in [1.29, 1.82) is 0 Å². The molecule has 0 atom stereocenters. The number of carbonyl (C=O) groups is 1. The van der Waals surface area contributed by atoms with Gasteiger partial charge in [0.1, 0.15) is 11.9 Å². The molecule has 1 aromatic rings. The molecule has 7 nitrogen and oxygen atoms in total. The highest BCUT2D eigenvalue weighted by atomic mass is 16.6. The van der Waals surface area contributed by atoms with Gasteiger partial charge in [-0.05, 0) is 11.8 Å². The Kier molecular flexibility index (Phi) is 2.27. The van der Waals surface area contributed by atoms with Crippen LogP contribution in [-0.4, -0.2) is 20.4 Å². The number of hydrogen-bond acceptors (Lipinski definition) is 4. The lowest BCUT2D eigenvalue weighted by Gasteiger charge is -1.99. The largest absolute Gasteiger partial charge is 0.435 e. The van der Waals surface area contributed by atoms with Crippen molar-refractivity contribution >= 4 is 11.9 Å². The summed E-state index contributed by atoms with van der Waals surface area (Å²) in [4.78, 5) is 23.8. The highest BCUT2D eigenvalue weighted by Crippen LogP contribution is 2.11. The number of hydrogen-bond donors (Lipinski definition) is 1. The molecule has 0 spiro atoms. The van der Waals surface area contributed by atoms with E-state index in [-0.39, 0.29) is 12.5 Å². The van der Waals surface area contributed by atoms with E-state index >= 15 is 0 Å². The highest BCUT2D eigenvalue weighted by Gasteiger charge is 2.19. The lowest BCUT2D eigenvalue weighted by molar-refractivity contribution is -0.396. The Bertz CT molecular complexity index is 357. The molecule has 1 amide bonds. The average Bonchev–Trinajstić information content (AvgIpc) is 2.32. The molecule has 0 aliphatic rings. The second kappa shape index (κ2) is 3.21. The van der Waals surface area contributed by atoms with Gasteiger partial charge in [-0.2, -0.15) is 0 Å². The molecule has 13 heavy (non-hydrogen) atoms. The predicted molar refractivity (Wildman–Crippen MR) is 42.8 cm³/mol. The first kappa shape index (κ1) is 9.17. The summed E-state index contributed by atoms with van der Waals surface area (Å²) in [6.45, 7) is 1.39. The van der Waals surface area contributed by atoms with Gasteiger partial charge >= 0.3 is 5.95 Å². The first-order chi connectivity index (χ1) is 6.02. The summed E-state index contributed by atoms with van der Waals surface area (Å²) >= 11 is 0. The topological polar surface area (TPSA) is 104 Å². The van der Waals surface area contributed by atoms with Crippen molar-refractivity contribution in [2.45, 2.75) is 13.5 Å². The molecular weight excluding hydrogens is 176 g/mol. The van der Waals surface area contributed by atoms with E-state index in [0.717, 1.165) is 4.57 Å². The van der Waals surface area contributed by atoms with Gasteiger partial charge < -0.3 is 15.8 Å². The SMILES string of the molecule is Cc1cnc([N+](=O)[O-])n1CC(N)=O. The van der Waals surface area contributed by atoms with E-state index in [2.05, 4.69) is 4.98 Å². The smallest absolute Gasteiger partial charge is 0.390 e. The van der Waals surface area contributed by atoms with E-state index in [1.165, 1.54) is 6.20 Å². The second-order valence-electron chi connectivity index (χ2n) is 2.51. The minimum absolute atomic E-state index is 0.220. The van der Waals surface area contributed by atoms with E-state index < -0.39 is 10.8 Å². The first-order valence-corrected chi connectivity index (χ1v) is 3.47. The van der Waals surface area contributed by atoms with Gasteiger partial charge in [-0.1, -0.05) is 4.98 Å². The van der Waals surface area contributed by atoms with Crippen LogP contribution in [0.1, 0.15) is 5.69 Å². The number of aryl methyl sites for hydroxylation is 1. The monoisotopic (exact) mass is 184 g/mol. The van der Waals surface area contributed by atoms with Gasteiger partial charge in [0, 0.05) is 0 Å². The van der Waals surface area contributed by atoms with E-state index in [0.29, 0.717) is 5.69 Å². The van der Waals surface area contributed by atoms with Crippen molar-refractivity contribution in [3.63, 3.8) is 0 Å². The number of carbonyl (C=O) groups excluding carboxylic acids is 1. The van der Waals surface area contributed by atoms with Crippen LogP contribution < -0.4 is 5.73 Å². The predicted octanol–water partition coefficient (Wildman–Crippen LogP) is -0.415. The fourth-order valence-corrected chi connectivity index (χ4v) is 0.945. The van der Waals surface area contributed by atoms with Gasteiger partial charge in [-0.3, -0.25) is 4.79 Å². The number of aromatic nitrogens is 2. The van der Waals surface area contributed by atoms with Crippen LogP contribution in [0.25, 0.3) is 0 Å². The van der Waals surface area contributed by atoms with Crippen LogP contribution in [0.15, 0.2) is 6.20 Å². The first-order valence-electron chi connectivity index (χ1n) is 3.47. The molecule has 0 saturated heterocycles. The molecule has 1 aromatic heterocycles. The molecular formula is C6H8N4O3. The second-order valence-corrected chi connectivity index (χ2v) is 2.51. The summed E-state index contributed by atoms with van der Waals surface area (Å²) in [5.74, 6) is -1.000. The van der Waals surface area contributed by atoms with Crippen LogP contribution in [0, 0.1) is 17.0 Å². The lowest BCUT2D eigenvalue weighted by Crippen LogP contribution is -2.20. The van der Waals surface area contributed by atoms with Gasteiger partial charge in [-0.25, -0.2) is 4.57 Å². The quantitative estimate of drug-likeness (QED) is 0.509. The van der Waals surface area contributed by atoms with Crippen molar-refractivity contribution in [2.75, 3.05) is 0 Å². The number of nitrogens with two attached hydrogens (primary N) is 1. The molecule has 70 valence electrons. The van der Waals surface area contributed by atoms with Gasteiger partial charge in [0.05, 0.1) is 0 Å². The number of nitrogens with zero attached hydrogens (tertiary/aromatic N) is 3. The average molecular weight is 184 g/mol. The summed E-state index contributed by atoms with van der Waals surface area (Å²) in [6, 6.07) is 0. The van der Waals surface area contributed by atoms with Crippen molar-refractivity contribution in [3.05, 3.63) is 22.0 Å². The number of rotatable bonds is 3. The molecule has 1 rings (SSSR count). The van der Waals surface area contributed by atoms with Gasteiger partial charge in [-0.15, -0.1) is 0 Å². The normalized spacial score (nSPS) is 9.92. The molecule has 0 unspecified atom stereocenters. The number of nitro groups is 1. The van der Waals surface area contributed by atoms with Crippen LogP contribution in [0.2, 0.25) is 0 Å². The fourth-order valence-electron chi connectivity index (χ4n) is 0.945. The Labute approximate surface area is 73.3 Å². The van der Waals surface area contributed by atoms with Crippen molar-refractivity contribution in [1.82, 2.24) is 9.55 Å². The van der Waals surface area contributed by atoms with Gasteiger partial charge in [0.25, 0.3) is 5.91 Å². The molecule has 0 saturated carbocycles. The van der Waals surface area contributed by atoms with Crippen LogP contribution in [0.4, 0.5) is 5.95 Å². The van der Waals surface area contributed by atoms with E-state index in [1.54, 1.807) is 6.92 Å². The zero-order chi connectivity index (χ0) is 10.0. The zero-order valence-corrected chi connectivity index (χ0v) is 6.93. The van der Waals surface area contributed by atoms with Crippen LogP contribution >= 0.6 is 0 Å². The Morgan fingerprint density at radius 2 is 2.46 bits per heavy atom. The van der Waals surface area contributed by atoms with Crippen LogP contribution in [0.5, 0.6) is 0 Å². The molecule has 1 heterocycles. The van der Waals surface area contributed by atoms with Crippen LogP contribution in [-0.2, 0) is 11.3 Å². The lowest BCUT2D eigenvalue weighted by atomic mass is 10.5. The van der Waals surface area contributed by atoms with Crippen molar-refractivity contribution in [3.8, 4) is 0 Å². The molecule has 0 bridgehead atoms. The summed E-state index contributed by atoms with van der Waals surface area (Å²) in [6.07, 6.45) is 1.32.